The molecule has 0 saturated carbocycles. The monoisotopic (exact) mass is 202 g/mol. The van der Waals surface area contributed by atoms with Crippen molar-refractivity contribution in [1.29, 1.82) is 0 Å². The van der Waals surface area contributed by atoms with E-state index in [-0.39, 0.29) is 0 Å². The Bertz CT molecular complexity index is 333. The number of hydrogen-bond donors (Lipinski definition) is 0. The summed E-state index contributed by atoms with van der Waals surface area (Å²) in [5, 5.41) is 0. The molecule has 0 fully saturated rings. The van der Waals surface area contributed by atoms with Crippen molar-refractivity contribution in [1.82, 2.24) is 0 Å². The Morgan fingerprint density at radius 1 is 0.867 bits per heavy atom. The Kier molecular flexibility index (Phi) is 6.44. The lowest BCUT2D eigenvalue weighted by molar-refractivity contribution is 1.31. The van der Waals surface area contributed by atoms with E-state index in [4.69, 9.17) is 0 Å². The van der Waals surface area contributed by atoms with Gasteiger partial charge in [0.15, 0.2) is 0 Å². The average Bonchev–Trinajstić information content (AvgIpc) is 2.17. The molecule has 82 valence electrons. The minimum Gasteiger partial charge on any atom is -0.0991 e. The zero-order valence-corrected chi connectivity index (χ0v) is 10.6. The van der Waals surface area contributed by atoms with Crippen LogP contribution in [0.2, 0.25) is 0 Å². The topological polar surface area (TPSA) is 0 Å². The van der Waals surface area contributed by atoms with E-state index < -0.39 is 0 Å². The average molecular weight is 202 g/mol. The van der Waals surface area contributed by atoms with Crippen molar-refractivity contribution in [2.45, 2.75) is 34.6 Å². The molecular formula is C15H22. The third-order valence-electron chi connectivity index (χ3n) is 2.34. The van der Waals surface area contributed by atoms with Gasteiger partial charge in [-0.3, -0.25) is 0 Å². The lowest BCUT2D eigenvalue weighted by Crippen LogP contribution is -1.81. The highest BCUT2D eigenvalue weighted by Gasteiger charge is 1.92. The number of allylic oxidation sites excluding steroid dienone is 9. The van der Waals surface area contributed by atoms with Crippen molar-refractivity contribution < 1.29 is 0 Å². The lowest BCUT2D eigenvalue weighted by atomic mass is 10.1. The predicted molar refractivity (Wildman–Crippen MR) is 70.9 cm³/mol. The van der Waals surface area contributed by atoms with E-state index >= 15 is 0 Å². The molecule has 0 aromatic rings. The Hall–Kier alpha value is -1.30. The van der Waals surface area contributed by atoms with E-state index in [0.717, 1.165) is 0 Å². The molecule has 0 heterocycles. The molecule has 15 heavy (non-hydrogen) atoms. The molecule has 0 aliphatic rings. The van der Waals surface area contributed by atoms with Gasteiger partial charge in [-0.15, -0.1) is 0 Å². The van der Waals surface area contributed by atoms with Gasteiger partial charge >= 0.3 is 0 Å². The largest absolute Gasteiger partial charge is 0.0991 e. The van der Waals surface area contributed by atoms with Crippen LogP contribution in [0.25, 0.3) is 0 Å². The summed E-state index contributed by atoms with van der Waals surface area (Å²) in [6.07, 6.45) is 10.3. The molecule has 0 rings (SSSR count). The molecule has 0 atom stereocenters. The molecule has 0 N–H and O–H groups in total. The summed E-state index contributed by atoms with van der Waals surface area (Å²) >= 11 is 0. The molecule has 0 saturated heterocycles. The quantitative estimate of drug-likeness (QED) is 0.564. The third kappa shape index (κ3) is 5.90. The van der Waals surface area contributed by atoms with Gasteiger partial charge in [-0.05, 0) is 45.8 Å². The number of rotatable bonds is 4. The Labute approximate surface area is 94.4 Å². The van der Waals surface area contributed by atoms with Crippen LogP contribution in [0.15, 0.2) is 59.3 Å². The van der Waals surface area contributed by atoms with Crippen molar-refractivity contribution in [2.24, 2.45) is 0 Å². The van der Waals surface area contributed by atoms with Gasteiger partial charge in [0.05, 0.1) is 0 Å². The molecule has 0 aromatic heterocycles. The molecule has 0 radical (unpaired) electrons. The first-order valence-corrected chi connectivity index (χ1v) is 5.30. The van der Waals surface area contributed by atoms with Crippen LogP contribution < -0.4 is 0 Å². The summed E-state index contributed by atoms with van der Waals surface area (Å²) in [6, 6.07) is 0. The van der Waals surface area contributed by atoms with E-state index in [1.165, 1.54) is 22.3 Å². The molecule has 0 aromatic carbocycles. The van der Waals surface area contributed by atoms with Crippen LogP contribution in [0.1, 0.15) is 34.6 Å². The molecule has 0 heteroatoms. The first-order valence-electron chi connectivity index (χ1n) is 5.30. The van der Waals surface area contributed by atoms with Crippen LogP contribution in [0.5, 0.6) is 0 Å². The highest BCUT2D eigenvalue weighted by molar-refractivity contribution is 5.37. The first kappa shape index (κ1) is 13.7. The van der Waals surface area contributed by atoms with Crippen molar-refractivity contribution in [3.05, 3.63) is 59.3 Å². The summed E-state index contributed by atoms with van der Waals surface area (Å²) in [6.45, 7) is 14.2. The van der Waals surface area contributed by atoms with Gasteiger partial charge in [0, 0.05) is 0 Å². The maximum absolute atomic E-state index is 3.70. The van der Waals surface area contributed by atoms with E-state index in [9.17, 15) is 0 Å². The molecule has 0 nitrogen and oxygen atoms in total. The van der Waals surface area contributed by atoms with Crippen LogP contribution in [0.4, 0.5) is 0 Å². The summed E-state index contributed by atoms with van der Waals surface area (Å²) in [7, 11) is 0. The van der Waals surface area contributed by atoms with Crippen LogP contribution >= 0.6 is 0 Å². The van der Waals surface area contributed by atoms with Gasteiger partial charge in [-0.25, -0.2) is 0 Å². The van der Waals surface area contributed by atoms with Crippen LogP contribution in [0, 0.1) is 0 Å². The SMILES string of the molecule is C=C/C=C(C)/C(C)=C\C(C)=C/C(C)=C/C. The van der Waals surface area contributed by atoms with Crippen molar-refractivity contribution >= 4 is 0 Å². The van der Waals surface area contributed by atoms with Crippen LogP contribution in [0.3, 0.4) is 0 Å². The van der Waals surface area contributed by atoms with Crippen molar-refractivity contribution in [3.8, 4) is 0 Å². The molecule has 0 unspecified atom stereocenters. The zero-order chi connectivity index (χ0) is 11.8. The summed E-state index contributed by atoms with van der Waals surface area (Å²) in [5.74, 6) is 0. The van der Waals surface area contributed by atoms with Crippen LogP contribution in [-0.2, 0) is 0 Å². The normalized spacial score (nSPS) is 15.5. The summed E-state index contributed by atoms with van der Waals surface area (Å²) in [5.41, 5.74) is 5.12. The van der Waals surface area contributed by atoms with Gasteiger partial charge in [0.2, 0.25) is 0 Å². The molecule has 0 aliphatic carbocycles. The predicted octanol–water partition coefficient (Wildman–Crippen LogP) is 4.98. The fourth-order valence-electron chi connectivity index (χ4n) is 1.25. The molecule has 0 aliphatic heterocycles. The zero-order valence-electron chi connectivity index (χ0n) is 10.6. The van der Waals surface area contributed by atoms with Gasteiger partial charge < -0.3 is 0 Å². The lowest BCUT2D eigenvalue weighted by Gasteiger charge is -2.01. The highest BCUT2D eigenvalue weighted by Crippen LogP contribution is 2.12. The van der Waals surface area contributed by atoms with Crippen molar-refractivity contribution in [2.75, 3.05) is 0 Å². The maximum Gasteiger partial charge on any atom is -0.0395 e. The summed E-state index contributed by atoms with van der Waals surface area (Å²) < 4.78 is 0. The van der Waals surface area contributed by atoms with E-state index in [1.807, 2.05) is 12.2 Å². The Balaban J connectivity index is 4.84. The van der Waals surface area contributed by atoms with Crippen LogP contribution in [-0.4, -0.2) is 0 Å². The van der Waals surface area contributed by atoms with E-state index in [2.05, 4.69) is 59.4 Å². The fraction of sp³-hybridized carbons (Fsp3) is 0.333. The molecule has 0 bridgehead atoms. The highest BCUT2D eigenvalue weighted by atomic mass is 14.0. The summed E-state index contributed by atoms with van der Waals surface area (Å²) in [4.78, 5) is 0. The Morgan fingerprint density at radius 2 is 1.47 bits per heavy atom. The smallest absolute Gasteiger partial charge is 0.0395 e. The van der Waals surface area contributed by atoms with Crippen molar-refractivity contribution in [3.63, 3.8) is 0 Å². The molecular weight excluding hydrogens is 180 g/mol. The minimum atomic E-state index is 1.26. The molecule has 0 amide bonds. The number of hydrogen-bond acceptors (Lipinski definition) is 0. The second-order valence-corrected chi connectivity index (χ2v) is 3.83. The fourth-order valence-corrected chi connectivity index (χ4v) is 1.25. The first-order chi connectivity index (χ1) is 7.01. The van der Waals surface area contributed by atoms with E-state index in [0.29, 0.717) is 0 Å². The van der Waals surface area contributed by atoms with Gasteiger partial charge in [-0.1, -0.05) is 48.1 Å². The second kappa shape index (κ2) is 7.05. The maximum atomic E-state index is 3.70. The van der Waals surface area contributed by atoms with Gasteiger partial charge in [-0.2, -0.15) is 0 Å². The van der Waals surface area contributed by atoms with Gasteiger partial charge in [0.1, 0.15) is 0 Å². The second-order valence-electron chi connectivity index (χ2n) is 3.83. The van der Waals surface area contributed by atoms with Gasteiger partial charge in [0.25, 0.3) is 0 Å². The molecule has 0 spiro atoms. The minimum absolute atomic E-state index is 1.26. The Morgan fingerprint density at radius 3 is 1.93 bits per heavy atom. The standard InChI is InChI=1S/C15H22/c1-7-9-14(5)15(6)11-13(4)10-12(3)8-2/h7-11H,1H2,2-6H3/b12-8+,13-10-,14-9+,15-11-. The van der Waals surface area contributed by atoms with E-state index in [1.54, 1.807) is 0 Å². The third-order valence-corrected chi connectivity index (χ3v) is 2.34.